The zero-order valence-electron chi connectivity index (χ0n) is 8.11. The first-order valence-electron chi connectivity index (χ1n) is 4.67. The summed E-state index contributed by atoms with van der Waals surface area (Å²) in [5.74, 6) is 0.960. The monoisotopic (exact) mass is 179 g/mol. The number of aryl methyl sites for hydroxylation is 1. The summed E-state index contributed by atoms with van der Waals surface area (Å²) in [6.45, 7) is 6.80. The topological polar surface area (TPSA) is 43.8 Å². The van der Waals surface area contributed by atoms with Crippen molar-refractivity contribution in [1.29, 1.82) is 0 Å². The smallest absolute Gasteiger partial charge is 0.125 e. The summed E-state index contributed by atoms with van der Waals surface area (Å²) in [4.78, 5) is 4.24. The Labute approximate surface area is 79.3 Å². The molecular weight excluding hydrogens is 162 g/mol. The predicted octanol–water partition coefficient (Wildman–Crippen LogP) is 1.87. The number of nitrogens with two attached hydrogens (primary N) is 1. The molecule has 0 aliphatic heterocycles. The number of rotatable bonds is 5. The minimum absolute atomic E-state index is 0.0148. The van der Waals surface area contributed by atoms with E-state index in [1.165, 1.54) is 0 Å². The van der Waals surface area contributed by atoms with Crippen LogP contribution in [0.25, 0.3) is 0 Å². The Morgan fingerprint density at radius 2 is 2.54 bits per heavy atom. The molecule has 3 heteroatoms. The van der Waals surface area contributed by atoms with Gasteiger partial charge in [0.25, 0.3) is 0 Å². The number of imidazole rings is 1. The number of aromatic nitrogens is 2. The molecule has 0 spiro atoms. The lowest BCUT2D eigenvalue weighted by molar-refractivity contribution is 0.580. The van der Waals surface area contributed by atoms with E-state index < -0.39 is 0 Å². The van der Waals surface area contributed by atoms with Crippen LogP contribution in [-0.4, -0.2) is 9.55 Å². The van der Waals surface area contributed by atoms with Crippen molar-refractivity contribution < 1.29 is 0 Å². The van der Waals surface area contributed by atoms with E-state index in [4.69, 9.17) is 5.73 Å². The van der Waals surface area contributed by atoms with Gasteiger partial charge in [-0.2, -0.15) is 0 Å². The van der Waals surface area contributed by atoms with Crippen LogP contribution < -0.4 is 5.73 Å². The Morgan fingerprint density at radius 3 is 3.15 bits per heavy atom. The van der Waals surface area contributed by atoms with Crippen LogP contribution in [0.2, 0.25) is 0 Å². The first-order chi connectivity index (χ1) is 6.29. The fourth-order valence-corrected chi connectivity index (χ4v) is 1.36. The lowest BCUT2D eigenvalue weighted by atomic mass is 10.2. The second-order valence-corrected chi connectivity index (χ2v) is 3.11. The SMILES string of the molecule is C=CCC(N)c1nccn1CCC. The predicted molar refractivity (Wildman–Crippen MR) is 54.3 cm³/mol. The van der Waals surface area contributed by atoms with E-state index in [0.29, 0.717) is 0 Å². The number of nitrogens with zero attached hydrogens (tertiary/aromatic N) is 2. The maximum atomic E-state index is 5.93. The molecule has 3 nitrogen and oxygen atoms in total. The van der Waals surface area contributed by atoms with Crippen molar-refractivity contribution in [3.8, 4) is 0 Å². The van der Waals surface area contributed by atoms with Gasteiger partial charge >= 0.3 is 0 Å². The molecule has 1 unspecified atom stereocenters. The molecule has 0 aromatic carbocycles. The zero-order valence-corrected chi connectivity index (χ0v) is 8.11. The van der Waals surface area contributed by atoms with Crippen LogP contribution in [0.3, 0.4) is 0 Å². The largest absolute Gasteiger partial charge is 0.334 e. The molecule has 0 aliphatic carbocycles. The molecule has 0 fully saturated rings. The van der Waals surface area contributed by atoms with Gasteiger partial charge in [0, 0.05) is 18.9 Å². The Bertz CT molecular complexity index is 265. The van der Waals surface area contributed by atoms with E-state index in [2.05, 4.69) is 23.1 Å². The maximum Gasteiger partial charge on any atom is 0.125 e. The van der Waals surface area contributed by atoms with Gasteiger partial charge in [-0.05, 0) is 12.8 Å². The molecule has 0 radical (unpaired) electrons. The summed E-state index contributed by atoms with van der Waals surface area (Å²) in [6, 6.07) is -0.0148. The minimum atomic E-state index is -0.0148. The van der Waals surface area contributed by atoms with Crippen molar-refractivity contribution >= 4 is 0 Å². The molecule has 0 aliphatic rings. The summed E-state index contributed by atoms with van der Waals surface area (Å²) in [6.07, 6.45) is 7.48. The van der Waals surface area contributed by atoms with Gasteiger partial charge in [-0.15, -0.1) is 6.58 Å². The quantitative estimate of drug-likeness (QED) is 0.701. The Hall–Kier alpha value is -1.09. The van der Waals surface area contributed by atoms with Crippen molar-refractivity contribution in [2.24, 2.45) is 5.73 Å². The van der Waals surface area contributed by atoms with Gasteiger partial charge in [-0.1, -0.05) is 13.0 Å². The Balaban J connectivity index is 2.73. The Kier molecular flexibility index (Phi) is 3.71. The standard InChI is InChI=1S/C10H17N3/c1-3-5-9(11)10-12-6-8-13(10)7-4-2/h3,6,8-9H,1,4-5,7,11H2,2H3. The first kappa shape index (κ1) is 9.99. The molecule has 1 heterocycles. The zero-order chi connectivity index (χ0) is 9.68. The normalized spacial score (nSPS) is 12.8. The van der Waals surface area contributed by atoms with E-state index in [-0.39, 0.29) is 6.04 Å². The molecule has 1 aromatic heterocycles. The van der Waals surface area contributed by atoms with Gasteiger partial charge in [0.2, 0.25) is 0 Å². The average Bonchev–Trinajstić information content (AvgIpc) is 2.54. The summed E-state index contributed by atoms with van der Waals surface area (Å²) >= 11 is 0. The van der Waals surface area contributed by atoms with Gasteiger partial charge in [0.1, 0.15) is 5.82 Å². The van der Waals surface area contributed by atoms with Gasteiger partial charge < -0.3 is 10.3 Å². The highest BCUT2D eigenvalue weighted by Gasteiger charge is 2.09. The van der Waals surface area contributed by atoms with Gasteiger partial charge in [0.05, 0.1) is 6.04 Å². The van der Waals surface area contributed by atoms with Gasteiger partial charge in [-0.25, -0.2) is 4.98 Å². The summed E-state index contributed by atoms with van der Waals surface area (Å²) in [5.41, 5.74) is 5.93. The van der Waals surface area contributed by atoms with Crippen molar-refractivity contribution in [1.82, 2.24) is 9.55 Å². The van der Waals surface area contributed by atoms with E-state index >= 15 is 0 Å². The molecule has 0 saturated heterocycles. The van der Waals surface area contributed by atoms with Crippen LogP contribution in [-0.2, 0) is 6.54 Å². The third-order valence-electron chi connectivity index (χ3n) is 1.96. The Morgan fingerprint density at radius 1 is 1.77 bits per heavy atom. The molecular formula is C10H17N3. The van der Waals surface area contributed by atoms with Crippen molar-refractivity contribution in [3.05, 3.63) is 30.9 Å². The van der Waals surface area contributed by atoms with E-state index in [9.17, 15) is 0 Å². The lowest BCUT2D eigenvalue weighted by Gasteiger charge is -2.11. The second-order valence-electron chi connectivity index (χ2n) is 3.11. The highest BCUT2D eigenvalue weighted by molar-refractivity contribution is 5.00. The van der Waals surface area contributed by atoms with E-state index in [1.807, 2.05) is 12.3 Å². The van der Waals surface area contributed by atoms with Gasteiger partial charge in [-0.3, -0.25) is 0 Å². The van der Waals surface area contributed by atoms with E-state index in [1.54, 1.807) is 6.20 Å². The molecule has 0 bridgehead atoms. The highest BCUT2D eigenvalue weighted by Crippen LogP contribution is 2.12. The summed E-state index contributed by atoms with van der Waals surface area (Å²) in [7, 11) is 0. The third-order valence-corrected chi connectivity index (χ3v) is 1.96. The molecule has 2 N–H and O–H groups in total. The molecule has 0 amide bonds. The van der Waals surface area contributed by atoms with Crippen molar-refractivity contribution in [2.45, 2.75) is 32.4 Å². The highest BCUT2D eigenvalue weighted by atomic mass is 15.1. The molecule has 1 rings (SSSR count). The van der Waals surface area contributed by atoms with Crippen LogP contribution in [0, 0.1) is 0 Å². The van der Waals surface area contributed by atoms with E-state index in [0.717, 1.165) is 25.2 Å². The van der Waals surface area contributed by atoms with Crippen LogP contribution in [0.15, 0.2) is 25.0 Å². The molecule has 13 heavy (non-hydrogen) atoms. The maximum absolute atomic E-state index is 5.93. The minimum Gasteiger partial charge on any atom is -0.334 e. The fourth-order valence-electron chi connectivity index (χ4n) is 1.36. The fraction of sp³-hybridized carbons (Fsp3) is 0.500. The van der Waals surface area contributed by atoms with Crippen LogP contribution in [0.5, 0.6) is 0 Å². The summed E-state index contributed by atoms with van der Waals surface area (Å²) < 4.78 is 2.11. The second kappa shape index (κ2) is 4.82. The van der Waals surface area contributed by atoms with Crippen molar-refractivity contribution in [3.63, 3.8) is 0 Å². The van der Waals surface area contributed by atoms with Gasteiger partial charge in [0.15, 0.2) is 0 Å². The van der Waals surface area contributed by atoms with Crippen molar-refractivity contribution in [2.75, 3.05) is 0 Å². The third kappa shape index (κ3) is 2.42. The van der Waals surface area contributed by atoms with Crippen LogP contribution in [0.4, 0.5) is 0 Å². The molecule has 72 valence electrons. The number of hydrogen-bond acceptors (Lipinski definition) is 2. The molecule has 1 aromatic rings. The van der Waals surface area contributed by atoms with Crippen LogP contribution >= 0.6 is 0 Å². The summed E-state index contributed by atoms with van der Waals surface area (Å²) in [5, 5.41) is 0. The molecule has 0 saturated carbocycles. The average molecular weight is 179 g/mol. The van der Waals surface area contributed by atoms with Crippen LogP contribution in [0.1, 0.15) is 31.6 Å². The lowest BCUT2D eigenvalue weighted by Crippen LogP contribution is -2.15. The number of hydrogen-bond donors (Lipinski definition) is 1. The molecule has 1 atom stereocenters. The first-order valence-corrected chi connectivity index (χ1v) is 4.67.